The molecule has 1 aromatic carbocycles. The number of hydrogen-bond donors (Lipinski definition) is 2. The first kappa shape index (κ1) is 13.9. The summed E-state index contributed by atoms with van der Waals surface area (Å²) < 4.78 is 5.41. The highest BCUT2D eigenvalue weighted by Gasteiger charge is 2.26. The van der Waals surface area contributed by atoms with Crippen molar-refractivity contribution in [3.63, 3.8) is 0 Å². The molecule has 0 radical (unpaired) electrons. The molecule has 112 valence electrons. The van der Waals surface area contributed by atoms with Gasteiger partial charge in [-0.1, -0.05) is 31.3 Å². The standard InChI is InChI=1S/C16H22N4O/c1-2-10-4-3-5-11(6-10)15-19-16(21-20-15)12-7-13(17)9-14(18)8-12/h7-11H,2-6,17-18H2,1H3. The Kier molecular flexibility index (Phi) is 3.82. The molecular formula is C16H22N4O. The molecule has 2 atom stereocenters. The normalized spacial score (nSPS) is 22.3. The van der Waals surface area contributed by atoms with Crippen LogP contribution in [0.1, 0.15) is 50.8 Å². The van der Waals surface area contributed by atoms with E-state index in [2.05, 4.69) is 17.1 Å². The van der Waals surface area contributed by atoms with Crippen LogP contribution in [0.3, 0.4) is 0 Å². The third kappa shape index (κ3) is 3.01. The maximum absolute atomic E-state index is 5.81. The van der Waals surface area contributed by atoms with E-state index >= 15 is 0 Å². The van der Waals surface area contributed by atoms with Gasteiger partial charge in [-0.2, -0.15) is 4.98 Å². The summed E-state index contributed by atoms with van der Waals surface area (Å²) in [6.45, 7) is 2.25. The molecule has 1 fully saturated rings. The first-order chi connectivity index (χ1) is 10.2. The van der Waals surface area contributed by atoms with E-state index in [0.29, 0.717) is 23.2 Å². The van der Waals surface area contributed by atoms with Crippen molar-refractivity contribution in [2.24, 2.45) is 5.92 Å². The fourth-order valence-electron chi connectivity index (χ4n) is 3.21. The van der Waals surface area contributed by atoms with Crippen molar-refractivity contribution >= 4 is 11.4 Å². The largest absolute Gasteiger partial charge is 0.399 e. The summed E-state index contributed by atoms with van der Waals surface area (Å²) in [6.07, 6.45) is 6.11. The van der Waals surface area contributed by atoms with Gasteiger partial charge in [-0.05, 0) is 37.0 Å². The molecule has 0 amide bonds. The fourth-order valence-corrected chi connectivity index (χ4v) is 3.21. The third-order valence-corrected chi connectivity index (χ3v) is 4.39. The second-order valence-corrected chi connectivity index (χ2v) is 5.98. The Morgan fingerprint density at radius 2 is 1.95 bits per heavy atom. The topological polar surface area (TPSA) is 91.0 Å². The van der Waals surface area contributed by atoms with Gasteiger partial charge in [0.2, 0.25) is 0 Å². The molecule has 2 unspecified atom stereocenters. The minimum absolute atomic E-state index is 0.416. The highest BCUT2D eigenvalue weighted by molar-refractivity contribution is 5.67. The van der Waals surface area contributed by atoms with E-state index in [1.807, 2.05) is 12.1 Å². The molecule has 3 rings (SSSR count). The van der Waals surface area contributed by atoms with Crippen LogP contribution >= 0.6 is 0 Å². The van der Waals surface area contributed by atoms with Gasteiger partial charge in [-0.15, -0.1) is 0 Å². The number of aromatic nitrogens is 2. The van der Waals surface area contributed by atoms with E-state index in [0.717, 1.165) is 30.1 Å². The quantitative estimate of drug-likeness (QED) is 0.841. The highest BCUT2D eigenvalue weighted by atomic mass is 16.5. The Morgan fingerprint density at radius 1 is 1.19 bits per heavy atom. The van der Waals surface area contributed by atoms with Crippen molar-refractivity contribution in [2.45, 2.75) is 44.9 Å². The summed E-state index contributed by atoms with van der Waals surface area (Å²) >= 11 is 0. The molecule has 0 aliphatic heterocycles. The van der Waals surface area contributed by atoms with E-state index in [9.17, 15) is 0 Å². The fraction of sp³-hybridized carbons (Fsp3) is 0.500. The van der Waals surface area contributed by atoms with Gasteiger partial charge in [-0.3, -0.25) is 0 Å². The van der Waals surface area contributed by atoms with Crippen LogP contribution in [0.4, 0.5) is 11.4 Å². The number of nitrogens with two attached hydrogens (primary N) is 2. The summed E-state index contributed by atoms with van der Waals surface area (Å²) in [5, 5.41) is 4.18. The van der Waals surface area contributed by atoms with E-state index in [1.54, 1.807) is 6.07 Å². The van der Waals surface area contributed by atoms with Crippen LogP contribution in [0.5, 0.6) is 0 Å². The number of hydrogen-bond acceptors (Lipinski definition) is 5. The van der Waals surface area contributed by atoms with Gasteiger partial charge in [0.15, 0.2) is 5.82 Å². The van der Waals surface area contributed by atoms with Gasteiger partial charge in [0.05, 0.1) is 0 Å². The van der Waals surface area contributed by atoms with Crippen molar-refractivity contribution in [3.05, 3.63) is 24.0 Å². The lowest BCUT2D eigenvalue weighted by Crippen LogP contribution is -2.14. The zero-order valence-electron chi connectivity index (χ0n) is 12.4. The van der Waals surface area contributed by atoms with Crippen molar-refractivity contribution in [1.29, 1.82) is 0 Å². The van der Waals surface area contributed by atoms with E-state index < -0.39 is 0 Å². The molecular weight excluding hydrogens is 264 g/mol. The van der Waals surface area contributed by atoms with Gasteiger partial charge in [0.25, 0.3) is 5.89 Å². The lowest BCUT2D eigenvalue weighted by atomic mass is 9.80. The second-order valence-electron chi connectivity index (χ2n) is 5.98. The van der Waals surface area contributed by atoms with Crippen molar-refractivity contribution in [3.8, 4) is 11.5 Å². The van der Waals surface area contributed by atoms with Crippen LogP contribution in [0, 0.1) is 5.92 Å². The Balaban J connectivity index is 1.82. The Morgan fingerprint density at radius 3 is 2.67 bits per heavy atom. The monoisotopic (exact) mass is 286 g/mol. The van der Waals surface area contributed by atoms with Gasteiger partial charge in [0, 0.05) is 22.9 Å². The van der Waals surface area contributed by atoms with Gasteiger partial charge in [-0.25, -0.2) is 0 Å². The molecule has 1 aliphatic rings. The summed E-state index contributed by atoms with van der Waals surface area (Å²) in [4.78, 5) is 4.57. The predicted molar refractivity (Wildman–Crippen MR) is 83.5 cm³/mol. The van der Waals surface area contributed by atoms with E-state index in [1.165, 1.54) is 19.3 Å². The first-order valence-corrected chi connectivity index (χ1v) is 7.65. The van der Waals surface area contributed by atoms with Crippen LogP contribution in [0.25, 0.3) is 11.5 Å². The molecule has 2 aromatic rings. The van der Waals surface area contributed by atoms with Gasteiger partial charge < -0.3 is 16.0 Å². The number of rotatable bonds is 3. The Labute approximate surface area is 124 Å². The van der Waals surface area contributed by atoms with Crippen LogP contribution in [0.2, 0.25) is 0 Å². The highest BCUT2D eigenvalue weighted by Crippen LogP contribution is 2.37. The zero-order chi connectivity index (χ0) is 14.8. The Hall–Kier alpha value is -2.04. The number of nitrogens with zero attached hydrogens (tertiary/aromatic N) is 2. The molecule has 0 saturated heterocycles. The predicted octanol–water partition coefficient (Wildman–Crippen LogP) is 3.58. The molecule has 0 bridgehead atoms. The van der Waals surface area contributed by atoms with Crippen molar-refractivity contribution in [1.82, 2.24) is 10.1 Å². The maximum atomic E-state index is 5.81. The number of anilines is 2. The minimum Gasteiger partial charge on any atom is -0.399 e. The molecule has 5 heteroatoms. The molecule has 1 aromatic heterocycles. The average Bonchev–Trinajstić information content (AvgIpc) is 2.96. The smallest absolute Gasteiger partial charge is 0.258 e. The molecule has 5 nitrogen and oxygen atoms in total. The minimum atomic E-state index is 0.416. The first-order valence-electron chi connectivity index (χ1n) is 7.65. The van der Waals surface area contributed by atoms with Crippen LogP contribution < -0.4 is 11.5 Å². The van der Waals surface area contributed by atoms with Gasteiger partial charge in [0.1, 0.15) is 0 Å². The average molecular weight is 286 g/mol. The van der Waals surface area contributed by atoms with E-state index in [-0.39, 0.29) is 0 Å². The van der Waals surface area contributed by atoms with Crippen LogP contribution in [-0.4, -0.2) is 10.1 Å². The third-order valence-electron chi connectivity index (χ3n) is 4.39. The molecule has 1 saturated carbocycles. The van der Waals surface area contributed by atoms with Crippen molar-refractivity contribution in [2.75, 3.05) is 11.5 Å². The SMILES string of the molecule is CCC1CCCC(c2noc(-c3cc(N)cc(N)c3)n2)C1. The molecule has 1 aliphatic carbocycles. The lowest BCUT2D eigenvalue weighted by molar-refractivity contribution is 0.300. The molecule has 0 spiro atoms. The summed E-state index contributed by atoms with van der Waals surface area (Å²) in [5.41, 5.74) is 13.6. The Bertz CT molecular complexity index is 602. The number of benzene rings is 1. The summed E-state index contributed by atoms with van der Waals surface area (Å²) in [7, 11) is 0. The van der Waals surface area contributed by atoms with E-state index in [4.69, 9.17) is 16.0 Å². The van der Waals surface area contributed by atoms with Crippen LogP contribution in [-0.2, 0) is 0 Å². The lowest BCUT2D eigenvalue weighted by Gasteiger charge is -2.26. The summed E-state index contributed by atoms with van der Waals surface area (Å²) in [6, 6.07) is 5.33. The second kappa shape index (κ2) is 5.76. The maximum Gasteiger partial charge on any atom is 0.258 e. The van der Waals surface area contributed by atoms with Crippen LogP contribution in [0.15, 0.2) is 22.7 Å². The zero-order valence-corrected chi connectivity index (χ0v) is 12.4. The summed E-state index contributed by atoms with van der Waals surface area (Å²) in [5.74, 6) is 2.53. The molecule has 21 heavy (non-hydrogen) atoms. The molecule has 1 heterocycles. The van der Waals surface area contributed by atoms with Crippen molar-refractivity contribution < 1.29 is 4.52 Å². The number of nitrogen functional groups attached to an aromatic ring is 2. The van der Waals surface area contributed by atoms with Gasteiger partial charge >= 0.3 is 0 Å². The molecule has 4 N–H and O–H groups in total.